The van der Waals surface area contributed by atoms with Gasteiger partial charge in [-0.25, -0.2) is 0 Å². The molecule has 0 aromatic heterocycles. The molecule has 4 fully saturated rings. The molecule has 0 saturated carbocycles. The molecule has 4 aliphatic heterocycles. The lowest BCUT2D eigenvalue weighted by Gasteiger charge is -2.48. The molecule has 0 radical (unpaired) electrons. The highest BCUT2D eigenvalue weighted by Crippen LogP contribution is 2.62. The highest BCUT2D eigenvalue weighted by molar-refractivity contribution is 7.73. The van der Waals surface area contributed by atoms with Crippen molar-refractivity contribution in [1.82, 2.24) is 0 Å². The van der Waals surface area contributed by atoms with Crippen molar-refractivity contribution in [3.8, 4) is 0 Å². The minimum absolute atomic E-state index is 0.131. The summed E-state index contributed by atoms with van der Waals surface area (Å²) in [5, 5.41) is 3.84. The molecule has 0 N–H and O–H groups in total. The van der Waals surface area contributed by atoms with Crippen LogP contribution in [-0.2, 0) is 0 Å². The van der Waals surface area contributed by atoms with Crippen LogP contribution in [0.15, 0.2) is 18.2 Å². The summed E-state index contributed by atoms with van der Waals surface area (Å²) in [5.74, 6) is 0. The van der Waals surface area contributed by atoms with Gasteiger partial charge in [-0.1, -0.05) is 65.3 Å². The fourth-order valence-corrected chi connectivity index (χ4v) is 14.9. The number of rotatable bonds is 2. The first kappa shape index (κ1) is 17.2. The van der Waals surface area contributed by atoms with E-state index in [0.717, 1.165) is 22.6 Å². The van der Waals surface area contributed by atoms with E-state index in [1.54, 1.807) is 51.4 Å². The highest BCUT2D eigenvalue weighted by atomic mass is 31.1. The molecule has 4 bridgehead atoms. The Morgan fingerprint density at radius 1 is 0.600 bits per heavy atom. The molecule has 0 nitrogen and oxygen atoms in total. The van der Waals surface area contributed by atoms with Crippen LogP contribution >= 0.6 is 15.8 Å². The summed E-state index contributed by atoms with van der Waals surface area (Å²) >= 11 is 0. The number of fused-ring (bicyclic) bond motifs is 4. The minimum atomic E-state index is 0.131. The maximum atomic E-state index is 2.68. The van der Waals surface area contributed by atoms with Crippen LogP contribution in [0.25, 0.3) is 0 Å². The third-order valence-electron chi connectivity index (χ3n) is 7.56. The number of aryl methyl sites for hydroxylation is 1. The molecule has 25 heavy (non-hydrogen) atoms. The fourth-order valence-electron chi connectivity index (χ4n) is 6.49. The Hall–Kier alpha value is 0.0800. The van der Waals surface area contributed by atoms with Gasteiger partial charge in [0.05, 0.1) is 0 Å². The molecule has 1 aromatic carbocycles. The second-order valence-corrected chi connectivity index (χ2v) is 14.7. The molecule has 0 unspecified atom stereocenters. The van der Waals surface area contributed by atoms with Gasteiger partial charge in [-0.3, -0.25) is 0 Å². The molecule has 0 aliphatic carbocycles. The molecule has 0 amide bonds. The molecule has 5 rings (SSSR count). The Balaban J connectivity index is 1.57. The minimum Gasteiger partial charge on any atom is -0.0683 e. The molecule has 4 heterocycles. The summed E-state index contributed by atoms with van der Waals surface area (Å²) in [6.45, 7) is 2.34. The summed E-state index contributed by atoms with van der Waals surface area (Å²) in [6, 6.07) is 7.78. The first-order valence-electron chi connectivity index (χ1n) is 11.0. The standard InChI is InChI=1S/C23H34P2/c1-17-14-15-22(24-18-6-2-7-19(24)9-3-8-18)23(16-17)25-20-10-4-11-21(25)13-5-12-20/h14-16,18-21H,2-13H2,1H3. The van der Waals surface area contributed by atoms with E-state index in [2.05, 4.69) is 25.1 Å². The van der Waals surface area contributed by atoms with E-state index in [9.17, 15) is 0 Å². The SMILES string of the molecule is Cc1ccc(P2C3CCCC2CCC3)c(P2C3CCCC2CCC3)c1. The second kappa shape index (κ2) is 7.24. The summed E-state index contributed by atoms with van der Waals surface area (Å²) < 4.78 is 0. The van der Waals surface area contributed by atoms with Crippen molar-refractivity contribution in [3.63, 3.8) is 0 Å². The maximum Gasteiger partial charge on any atom is -0.0156 e. The molecule has 4 aliphatic rings. The quantitative estimate of drug-likeness (QED) is 0.526. The third-order valence-corrected chi connectivity index (χ3v) is 14.8. The Bertz CT molecular complexity index is 581. The van der Waals surface area contributed by atoms with Gasteiger partial charge in [-0.2, -0.15) is 0 Å². The van der Waals surface area contributed by atoms with Crippen LogP contribution in [0.1, 0.15) is 82.6 Å². The molecule has 136 valence electrons. The van der Waals surface area contributed by atoms with Gasteiger partial charge in [0.1, 0.15) is 0 Å². The van der Waals surface area contributed by atoms with E-state index >= 15 is 0 Å². The van der Waals surface area contributed by atoms with E-state index in [1.807, 2.05) is 10.6 Å². The molecule has 4 saturated heterocycles. The molecule has 0 atom stereocenters. The van der Waals surface area contributed by atoms with Crippen LogP contribution in [-0.4, -0.2) is 22.6 Å². The van der Waals surface area contributed by atoms with E-state index in [1.165, 1.54) is 31.2 Å². The van der Waals surface area contributed by atoms with Gasteiger partial charge in [0, 0.05) is 0 Å². The van der Waals surface area contributed by atoms with Gasteiger partial charge < -0.3 is 0 Å². The van der Waals surface area contributed by atoms with Crippen molar-refractivity contribution in [3.05, 3.63) is 23.8 Å². The van der Waals surface area contributed by atoms with E-state index in [4.69, 9.17) is 0 Å². The summed E-state index contributed by atoms with van der Waals surface area (Å²) in [4.78, 5) is 0. The second-order valence-electron chi connectivity index (χ2n) is 9.15. The van der Waals surface area contributed by atoms with Gasteiger partial charge in [-0.15, -0.1) is 0 Å². The predicted octanol–water partition coefficient (Wildman–Crippen LogP) is 6.42. The zero-order valence-corrected chi connectivity index (χ0v) is 17.7. The number of hydrogen-bond donors (Lipinski definition) is 0. The zero-order valence-electron chi connectivity index (χ0n) is 15.9. The Labute approximate surface area is 157 Å². The largest absolute Gasteiger partial charge is 0.0683 e. The van der Waals surface area contributed by atoms with Crippen LogP contribution in [0, 0.1) is 6.92 Å². The van der Waals surface area contributed by atoms with Crippen molar-refractivity contribution >= 4 is 26.5 Å². The van der Waals surface area contributed by atoms with E-state index in [0.29, 0.717) is 0 Å². The first-order chi connectivity index (χ1) is 12.3. The Kier molecular flexibility index (Phi) is 4.98. The lowest BCUT2D eigenvalue weighted by molar-refractivity contribution is 0.478. The summed E-state index contributed by atoms with van der Waals surface area (Å²) in [7, 11) is 0.265. The van der Waals surface area contributed by atoms with E-state index in [-0.39, 0.29) is 15.8 Å². The van der Waals surface area contributed by atoms with Crippen molar-refractivity contribution < 1.29 is 0 Å². The van der Waals surface area contributed by atoms with Crippen molar-refractivity contribution in [2.75, 3.05) is 0 Å². The van der Waals surface area contributed by atoms with Crippen LogP contribution < -0.4 is 10.6 Å². The Morgan fingerprint density at radius 3 is 1.44 bits per heavy atom. The number of benzene rings is 1. The van der Waals surface area contributed by atoms with Crippen molar-refractivity contribution in [2.24, 2.45) is 0 Å². The van der Waals surface area contributed by atoms with Crippen LogP contribution in [0.2, 0.25) is 0 Å². The van der Waals surface area contributed by atoms with Crippen LogP contribution in [0.5, 0.6) is 0 Å². The van der Waals surface area contributed by atoms with Gasteiger partial charge in [-0.05, 0) is 91.5 Å². The predicted molar refractivity (Wildman–Crippen MR) is 115 cm³/mol. The third kappa shape index (κ3) is 3.15. The highest BCUT2D eigenvalue weighted by Gasteiger charge is 2.42. The lowest BCUT2D eigenvalue weighted by Crippen LogP contribution is -2.40. The average Bonchev–Trinajstić information content (AvgIpc) is 2.60. The summed E-state index contributed by atoms with van der Waals surface area (Å²) in [6.07, 6.45) is 18.4. The van der Waals surface area contributed by atoms with Crippen molar-refractivity contribution in [2.45, 2.75) is 107 Å². The smallest absolute Gasteiger partial charge is 0.0156 e. The molecule has 1 aromatic rings. The molecule has 2 heteroatoms. The van der Waals surface area contributed by atoms with Gasteiger partial charge in [0.25, 0.3) is 0 Å². The fraction of sp³-hybridized carbons (Fsp3) is 0.739. The topological polar surface area (TPSA) is 0 Å². The molecular formula is C23H34P2. The van der Waals surface area contributed by atoms with Gasteiger partial charge in [0.2, 0.25) is 0 Å². The van der Waals surface area contributed by atoms with Crippen LogP contribution in [0.4, 0.5) is 0 Å². The lowest BCUT2D eigenvalue weighted by atomic mass is 9.99. The first-order valence-corrected chi connectivity index (χ1v) is 13.9. The monoisotopic (exact) mass is 372 g/mol. The normalized spacial score (nSPS) is 40.7. The maximum absolute atomic E-state index is 2.68. The van der Waals surface area contributed by atoms with Crippen LogP contribution in [0.3, 0.4) is 0 Å². The average molecular weight is 372 g/mol. The zero-order chi connectivity index (χ0) is 16.8. The van der Waals surface area contributed by atoms with E-state index < -0.39 is 0 Å². The Morgan fingerprint density at radius 2 is 1.00 bits per heavy atom. The van der Waals surface area contributed by atoms with Crippen molar-refractivity contribution in [1.29, 1.82) is 0 Å². The summed E-state index contributed by atoms with van der Waals surface area (Å²) in [5.41, 5.74) is 5.82. The van der Waals surface area contributed by atoms with Gasteiger partial charge in [0.15, 0.2) is 0 Å². The molecule has 0 spiro atoms. The van der Waals surface area contributed by atoms with Gasteiger partial charge >= 0.3 is 0 Å². The molecular weight excluding hydrogens is 338 g/mol. The number of hydrogen-bond acceptors (Lipinski definition) is 0.